The lowest BCUT2D eigenvalue weighted by Gasteiger charge is -2.15. The second-order valence-electron chi connectivity index (χ2n) is 7.01. The summed E-state index contributed by atoms with van der Waals surface area (Å²) < 4.78 is 1.84. The third-order valence-electron chi connectivity index (χ3n) is 5.21. The molecule has 0 bridgehead atoms. The summed E-state index contributed by atoms with van der Waals surface area (Å²) in [6, 6.07) is 12.1. The van der Waals surface area contributed by atoms with Crippen LogP contribution in [0.2, 0.25) is 0 Å². The minimum Gasteiger partial charge on any atom is -0.398 e. The van der Waals surface area contributed by atoms with Gasteiger partial charge in [-0.05, 0) is 35.2 Å². The first-order valence-electron chi connectivity index (χ1n) is 9.25. The van der Waals surface area contributed by atoms with E-state index in [4.69, 9.17) is 5.73 Å². The molecule has 0 spiro atoms. The summed E-state index contributed by atoms with van der Waals surface area (Å²) in [5.41, 5.74) is 11.7. The number of carbonyl (C=O) groups is 1. The zero-order valence-electron chi connectivity index (χ0n) is 15.9. The lowest BCUT2D eigenvalue weighted by molar-refractivity contribution is 0.0794. The zero-order valence-corrected chi connectivity index (χ0v) is 15.9. The molecule has 0 saturated carbocycles. The predicted molar refractivity (Wildman–Crippen MR) is 109 cm³/mol. The Morgan fingerprint density at radius 2 is 2.18 bits per heavy atom. The number of carbonyl (C=O) groups excluding carboxylic acids is 1. The summed E-state index contributed by atoms with van der Waals surface area (Å²) in [6.07, 6.45) is 4.45. The molecule has 1 amide bonds. The van der Waals surface area contributed by atoms with Crippen LogP contribution < -0.4 is 5.73 Å². The molecule has 2 aromatic carbocycles. The van der Waals surface area contributed by atoms with E-state index in [9.17, 15) is 10.1 Å². The first-order valence-corrected chi connectivity index (χ1v) is 9.25. The van der Waals surface area contributed by atoms with Crippen molar-refractivity contribution < 1.29 is 4.79 Å². The lowest BCUT2D eigenvalue weighted by Crippen LogP contribution is -2.26. The van der Waals surface area contributed by atoms with Crippen molar-refractivity contribution in [1.82, 2.24) is 14.7 Å². The Morgan fingerprint density at radius 1 is 1.36 bits per heavy atom. The number of amides is 1. The number of nitriles is 1. The normalized spacial score (nSPS) is 13.8. The number of nitrogen functional groups attached to an aromatic ring is 1. The molecule has 0 unspecified atom stereocenters. The van der Waals surface area contributed by atoms with Crippen molar-refractivity contribution in [2.24, 2.45) is 7.05 Å². The Morgan fingerprint density at radius 3 is 2.93 bits per heavy atom. The van der Waals surface area contributed by atoms with Crippen molar-refractivity contribution >= 4 is 22.5 Å². The van der Waals surface area contributed by atoms with Crippen LogP contribution in [-0.2, 0) is 13.6 Å². The first-order chi connectivity index (χ1) is 13.5. The SMILES string of the molecule is CC/C=C(/C#N)CN1Cc2c(-c3ccc4cnn(C)c4c3)ccc(N)c2C1=O. The maximum atomic E-state index is 13.0. The topological polar surface area (TPSA) is 87.9 Å². The highest BCUT2D eigenvalue weighted by molar-refractivity contribution is 6.05. The third-order valence-corrected chi connectivity index (χ3v) is 5.21. The van der Waals surface area contributed by atoms with Crippen molar-refractivity contribution in [2.75, 3.05) is 12.3 Å². The monoisotopic (exact) mass is 371 g/mol. The molecule has 2 heterocycles. The molecule has 3 aromatic rings. The molecule has 0 aliphatic carbocycles. The number of aryl methyl sites for hydroxylation is 1. The molecule has 0 atom stereocenters. The summed E-state index contributed by atoms with van der Waals surface area (Å²) in [7, 11) is 1.91. The summed E-state index contributed by atoms with van der Waals surface area (Å²) in [5, 5.41) is 14.7. The number of rotatable bonds is 4. The quantitative estimate of drug-likeness (QED) is 0.560. The fourth-order valence-electron chi connectivity index (χ4n) is 3.81. The van der Waals surface area contributed by atoms with Crippen LogP contribution in [0.15, 0.2) is 48.2 Å². The van der Waals surface area contributed by atoms with E-state index in [0.717, 1.165) is 34.0 Å². The number of fused-ring (bicyclic) bond motifs is 2. The van der Waals surface area contributed by atoms with Crippen LogP contribution in [0.1, 0.15) is 29.3 Å². The van der Waals surface area contributed by atoms with Gasteiger partial charge in [0.15, 0.2) is 0 Å². The van der Waals surface area contributed by atoms with Gasteiger partial charge in [-0.15, -0.1) is 0 Å². The third kappa shape index (κ3) is 2.81. The smallest absolute Gasteiger partial charge is 0.256 e. The van der Waals surface area contributed by atoms with Gasteiger partial charge >= 0.3 is 0 Å². The van der Waals surface area contributed by atoms with Crippen LogP contribution in [0.5, 0.6) is 0 Å². The number of nitrogens with two attached hydrogens (primary N) is 1. The Labute approximate surface area is 163 Å². The minimum atomic E-state index is -0.117. The maximum Gasteiger partial charge on any atom is 0.256 e. The molecule has 28 heavy (non-hydrogen) atoms. The first kappa shape index (κ1) is 17.8. The maximum absolute atomic E-state index is 13.0. The van der Waals surface area contributed by atoms with Crippen LogP contribution in [0.3, 0.4) is 0 Å². The average Bonchev–Trinajstić information content (AvgIpc) is 3.22. The van der Waals surface area contributed by atoms with Gasteiger partial charge in [-0.1, -0.05) is 31.2 Å². The van der Waals surface area contributed by atoms with Gasteiger partial charge in [-0.25, -0.2) is 0 Å². The van der Waals surface area contributed by atoms with Crippen molar-refractivity contribution in [3.63, 3.8) is 0 Å². The molecule has 1 aliphatic heterocycles. The number of nitrogens with zero attached hydrogens (tertiary/aromatic N) is 4. The van der Waals surface area contributed by atoms with Crippen molar-refractivity contribution in [1.29, 1.82) is 5.26 Å². The van der Waals surface area contributed by atoms with Gasteiger partial charge in [0.05, 0.1) is 29.9 Å². The second kappa shape index (κ2) is 6.86. The molecule has 0 saturated heterocycles. The molecule has 140 valence electrons. The van der Waals surface area contributed by atoms with Crippen LogP contribution in [0, 0.1) is 11.3 Å². The molecule has 0 radical (unpaired) electrons. The molecule has 1 aliphatic rings. The van der Waals surface area contributed by atoms with Gasteiger partial charge in [-0.2, -0.15) is 10.4 Å². The lowest BCUT2D eigenvalue weighted by atomic mass is 9.95. The second-order valence-corrected chi connectivity index (χ2v) is 7.01. The van der Waals surface area contributed by atoms with E-state index >= 15 is 0 Å². The summed E-state index contributed by atoms with van der Waals surface area (Å²) in [6.45, 7) is 2.72. The largest absolute Gasteiger partial charge is 0.398 e. The molecule has 0 fully saturated rings. The predicted octanol–water partition coefficient (Wildman–Crippen LogP) is 3.64. The Bertz CT molecular complexity index is 1170. The standard InChI is InChI=1S/C22H21N5O/c1-3-4-14(10-23)12-27-13-18-17(7-8-19(24)21(18)22(27)28)15-5-6-16-11-25-26(2)20(16)9-15/h4-9,11H,3,12-13,24H2,1-2H3/b14-4-. The fourth-order valence-corrected chi connectivity index (χ4v) is 3.81. The summed E-state index contributed by atoms with van der Waals surface area (Å²) in [4.78, 5) is 14.7. The van der Waals surface area contributed by atoms with Crippen LogP contribution in [0.4, 0.5) is 5.69 Å². The number of hydrogen-bond donors (Lipinski definition) is 1. The van der Waals surface area contributed by atoms with Gasteiger partial charge in [0.25, 0.3) is 5.91 Å². The van der Waals surface area contributed by atoms with Crippen LogP contribution in [0.25, 0.3) is 22.0 Å². The van der Waals surface area contributed by atoms with Gasteiger partial charge in [0.2, 0.25) is 0 Å². The Kier molecular flexibility index (Phi) is 4.36. The van der Waals surface area contributed by atoms with E-state index in [1.54, 1.807) is 11.0 Å². The van der Waals surface area contributed by atoms with Gasteiger partial charge in [0, 0.05) is 30.2 Å². The molecule has 1 aromatic heterocycles. The highest BCUT2D eigenvalue weighted by Crippen LogP contribution is 2.37. The minimum absolute atomic E-state index is 0.117. The highest BCUT2D eigenvalue weighted by Gasteiger charge is 2.32. The molecule has 2 N–H and O–H groups in total. The number of allylic oxidation sites excluding steroid dienone is 1. The molecule has 6 nitrogen and oxygen atoms in total. The van der Waals surface area contributed by atoms with Crippen molar-refractivity contribution in [3.05, 3.63) is 59.3 Å². The molecule has 6 heteroatoms. The zero-order chi connectivity index (χ0) is 19.8. The van der Waals surface area contributed by atoms with Crippen molar-refractivity contribution in [2.45, 2.75) is 19.9 Å². The van der Waals surface area contributed by atoms with Gasteiger partial charge in [-0.3, -0.25) is 9.48 Å². The molecular weight excluding hydrogens is 350 g/mol. The summed E-state index contributed by atoms with van der Waals surface area (Å²) >= 11 is 0. The van der Waals surface area contributed by atoms with E-state index < -0.39 is 0 Å². The van der Waals surface area contributed by atoms with E-state index in [2.05, 4.69) is 17.2 Å². The van der Waals surface area contributed by atoms with Crippen molar-refractivity contribution in [3.8, 4) is 17.2 Å². The fraction of sp³-hybridized carbons (Fsp3) is 0.227. The highest BCUT2D eigenvalue weighted by atomic mass is 16.2. The van der Waals surface area contributed by atoms with Crippen LogP contribution >= 0.6 is 0 Å². The van der Waals surface area contributed by atoms with E-state index in [-0.39, 0.29) is 5.91 Å². The van der Waals surface area contributed by atoms with E-state index in [1.807, 2.05) is 49.1 Å². The summed E-state index contributed by atoms with van der Waals surface area (Å²) in [5.74, 6) is -0.117. The van der Waals surface area contributed by atoms with Gasteiger partial charge < -0.3 is 10.6 Å². The Balaban J connectivity index is 1.78. The number of aromatic nitrogens is 2. The molecule has 4 rings (SSSR count). The Hall–Kier alpha value is -3.59. The molecular formula is C22H21N5O. The van der Waals surface area contributed by atoms with Gasteiger partial charge in [0.1, 0.15) is 0 Å². The number of benzene rings is 2. The van der Waals surface area contributed by atoms with Crippen LogP contribution in [-0.4, -0.2) is 27.1 Å². The van der Waals surface area contributed by atoms with E-state index in [0.29, 0.717) is 29.9 Å². The van der Waals surface area contributed by atoms with E-state index in [1.165, 1.54) is 0 Å². The average molecular weight is 371 g/mol. The number of anilines is 1. The number of hydrogen-bond acceptors (Lipinski definition) is 4.